The Balaban J connectivity index is 3.19. The topological polar surface area (TPSA) is 37.4 Å². The third kappa shape index (κ3) is 3.68. The van der Waals surface area contributed by atoms with Gasteiger partial charge < -0.3 is 4.90 Å². The number of hydrogen-bond acceptors (Lipinski definition) is 3. The van der Waals surface area contributed by atoms with Crippen molar-refractivity contribution in [2.24, 2.45) is 0 Å². The fraction of sp³-hybridized carbons (Fsp3) is 0.333. The summed E-state index contributed by atoms with van der Waals surface area (Å²) in [7, 11) is 4.95. The van der Waals surface area contributed by atoms with Crippen molar-refractivity contribution in [3.05, 3.63) is 29.6 Å². The van der Waals surface area contributed by atoms with E-state index in [-0.39, 0.29) is 5.75 Å². The van der Waals surface area contributed by atoms with Gasteiger partial charge in [-0.25, -0.2) is 12.8 Å². The van der Waals surface area contributed by atoms with Crippen molar-refractivity contribution >= 4 is 25.4 Å². The van der Waals surface area contributed by atoms with Crippen LogP contribution in [0.15, 0.2) is 18.2 Å². The molecule has 1 rings (SSSR count). The van der Waals surface area contributed by atoms with Crippen LogP contribution in [0.2, 0.25) is 0 Å². The molecule has 0 aliphatic heterocycles. The van der Waals surface area contributed by atoms with Gasteiger partial charge in [-0.15, -0.1) is 0 Å². The summed E-state index contributed by atoms with van der Waals surface area (Å²) < 4.78 is 34.8. The lowest BCUT2D eigenvalue weighted by molar-refractivity contribution is 0.608. The van der Waals surface area contributed by atoms with Gasteiger partial charge in [-0.2, -0.15) is 0 Å². The fourth-order valence-electron chi connectivity index (χ4n) is 1.29. The van der Waals surface area contributed by atoms with Gasteiger partial charge in [0, 0.05) is 30.5 Å². The van der Waals surface area contributed by atoms with Crippen LogP contribution in [0.5, 0.6) is 0 Å². The van der Waals surface area contributed by atoms with Crippen molar-refractivity contribution < 1.29 is 12.8 Å². The van der Waals surface area contributed by atoms with Crippen molar-refractivity contribution in [1.29, 1.82) is 0 Å². The van der Waals surface area contributed by atoms with Crippen LogP contribution < -0.4 is 4.90 Å². The standard InChI is InChI=1S/C9H11ClFNO2S/c1-12(2)9-4-3-8(11)5-7(9)6-15(10,13)14/h3-5H,6H2,1-2H3. The Labute approximate surface area is 92.9 Å². The van der Waals surface area contributed by atoms with Gasteiger partial charge in [-0.3, -0.25) is 0 Å². The lowest BCUT2D eigenvalue weighted by atomic mass is 10.2. The molecule has 84 valence electrons. The van der Waals surface area contributed by atoms with Gasteiger partial charge in [0.15, 0.2) is 0 Å². The Hall–Kier alpha value is -0.810. The predicted octanol–water partition coefficient (Wildman–Crippen LogP) is 1.96. The third-order valence-electron chi connectivity index (χ3n) is 1.85. The average molecular weight is 252 g/mol. The number of halogens is 2. The van der Waals surface area contributed by atoms with Crippen LogP contribution in [0.4, 0.5) is 10.1 Å². The zero-order valence-corrected chi connectivity index (χ0v) is 9.94. The molecule has 0 heterocycles. The molecule has 15 heavy (non-hydrogen) atoms. The molecule has 0 aliphatic rings. The molecule has 0 aromatic heterocycles. The number of benzene rings is 1. The first-order valence-electron chi connectivity index (χ1n) is 4.17. The molecule has 0 amide bonds. The first-order valence-corrected chi connectivity index (χ1v) is 6.65. The zero-order valence-electron chi connectivity index (χ0n) is 8.37. The highest BCUT2D eigenvalue weighted by Gasteiger charge is 2.13. The molecular formula is C9H11ClFNO2S. The van der Waals surface area contributed by atoms with Gasteiger partial charge in [0.05, 0.1) is 5.75 Å². The molecule has 0 fully saturated rings. The second-order valence-electron chi connectivity index (χ2n) is 3.35. The summed E-state index contributed by atoms with van der Waals surface area (Å²) in [4.78, 5) is 1.71. The molecule has 6 heteroatoms. The van der Waals surface area contributed by atoms with E-state index in [4.69, 9.17) is 10.7 Å². The minimum Gasteiger partial charge on any atom is -0.377 e. The second-order valence-corrected chi connectivity index (χ2v) is 6.13. The number of anilines is 1. The van der Waals surface area contributed by atoms with Crippen LogP contribution in [0, 0.1) is 5.82 Å². The van der Waals surface area contributed by atoms with Gasteiger partial charge in [-0.1, -0.05) is 0 Å². The molecule has 1 aromatic rings. The maximum Gasteiger partial charge on any atom is 0.236 e. The fourth-order valence-corrected chi connectivity index (χ4v) is 2.25. The van der Waals surface area contributed by atoms with Crippen LogP contribution in [-0.2, 0) is 14.8 Å². The SMILES string of the molecule is CN(C)c1ccc(F)cc1CS(=O)(=O)Cl. The highest BCUT2D eigenvalue weighted by atomic mass is 35.7. The summed E-state index contributed by atoms with van der Waals surface area (Å²) in [6, 6.07) is 3.97. The second kappa shape index (κ2) is 4.37. The molecule has 0 radical (unpaired) electrons. The number of rotatable bonds is 3. The molecule has 3 nitrogen and oxygen atoms in total. The van der Waals surface area contributed by atoms with E-state index in [9.17, 15) is 12.8 Å². The molecule has 0 aliphatic carbocycles. The summed E-state index contributed by atoms with van der Waals surface area (Å²) in [5, 5.41) is 0. The maximum atomic E-state index is 12.9. The molecule has 0 N–H and O–H groups in total. The van der Waals surface area contributed by atoms with E-state index >= 15 is 0 Å². The number of nitrogens with zero attached hydrogens (tertiary/aromatic N) is 1. The molecule has 0 atom stereocenters. The van der Waals surface area contributed by atoms with E-state index in [1.54, 1.807) is 19.0 Å². The summed E-state index contributed by atoms with van der Waals surface area (Å²) >= 11 is 0. The van der Waals surface area contributed by atoms with E-state index in [2.05, 4.69) is 0 Å². The van der Waals surface area contributed by atoms with Crippen molar-refractivity contribution in [3.63, 3.8) is 0 Å². The Kier molecular flexibility index (Phi) is 3.57. The lowest BCUT2D eigenvalue weighted by Crippen LogP contribution is -2.12. The Morgan fingerprint density at radius 3 is 2.47 bits per heavy atom. The molecule has 0 saturated carbocycles. The van der Waals surface area contributed by atoms with E-state index in [1.165, 1.54) is 18.2 Å². The lowest BCUT2D eigenvalue weighted by Gasteiger charge is -2.16. The summed E-state index contributed by atoms with van der Waals surface area (Å²) in [6.45, 7) is 0. The Bertz CT molecular complexity index is 459. The van der Waals surface area contributed by atoms with Crippen molar-refractivity contribution in [2.45, 2.75) is 5.75 Å². The molecule has 0 saturated heterocycles. The number of hydrogen-bond donors (Lipinski definition) is 0. The minimum absolute atomic E-state index is 0.356. The van der Waals surface area contributed by atoms with Gasteiger partial charge in [0.1, 0.15) is 5.82 Å². The third-order valence-corrected chi connectivity index (χ3v) is 2.83. The Morgan fingerprint density at radius 1 is 1.40 bits per heavy atom. The predicted molar refractivity (Wildman–Crippen MR) is 59.2 cm³/mol. The van der Waals surface area contributed by atoms with E-state index < -0.39 is 14.9 Å². The van der Waals surface area contributed by atoms with Crippen LogP contribution >= 0.6 is 10.7 Å². The maximum absolute atomic E-state index is 12.9. The Morgan fingerprint density at radius 2 is 2.00 bits per heavy atom. The van der Waals surface area contributed by atoms with E-state index in [1.807, 2.05) is 0 Å². The summed E-state index contributed by atoms with van der Waals surface area (Å²) in [5.41, 5.74) is 0.996. The molecular weight excluding hydrogens is 241 g/mol. The highest BCUT2D eigenvalue weighted by molar-refractivity contribution is 8.13. The zero-order chi connectivity index (χ0) is 11.6. The van der Waals surface area contributed by atoms with Gasteiger partial charge in [0.2, 0.25) is 9.05 Å². The summed E-state index contributed by atoms with van der Waals surface area (Å²) in [5.74, 6) is -0.851. The van der Waals surface area contributed by atoms with Gasteiger partial charge in [0.25, 0.3) is 0 Å². The molecule has 0 bridgehead atoms. The normalized spacial score (nSPS) is 11.5. The molecule has 0 unspecified atom stereocenters. The first kappa shape index (κ1) is 12.3. The summed E-state index contributed by atoms with van der Waals surface area (Å²) in [6.07, 6.45) is 0. The van der Waals surface area contributed by atoms with Crippen molar-refractivity contribution in [1.82, 2.24) is 0 Å². The van der Waals surface area contributed by atoms with E-state index in [0.717, 1.165) is 0 Å². The van der Waals surface area contributed by atoms with Gasteiger partial charge in [-0.05, 0) is 23.8 Å². The monoisotopic (exact) mass is 251 g/mol. The smallest absolute Gasteiger partial charge is 0.236 e. The average Bonchev–Trinajstić information content (AvgIpc) is 1.99. The molecule has 1 aromatic carbocycles. The highest BCUT2D eigenvalue weighted by Crippen LogP contribution is 2.23. The van der Waals surface area contributed by atoms with Crippen molar-refractivity contribution in [3.8, 4) is 0 Å². The quantitative estimate of drug-likeness (QED) is 0.771. The van der Waals surface area contributed by atoms with Crippen molar-refractivity contribution in [2.75, 3.05) is 19.0 Å². The van der Waals surface area contributed by atoms with Crippen LogP contribution in [-0.4, -0.2) is 22.5 Å². The van der Waals surface area contributed by atoms with Crippen LogP contribution in [0.25, 0.3) is 0 Å². The minimum atomic E-state index is -3.67. The largest absolute Gasteiger partial charge is 0.377 e. The van der Waals surface area contributed by atoms with Crippen LogP contribution in [0.3, 0.4) is 0 Å². The molecule has 0 spiro atoms. The first-order chi connectivity index (χ1) is 6.79. The van der Waals surface area contributed by atoms with Crippen LogP contribution in [0.1, 0.15) is 5.56 Å². The van der Waals surface area contributed by atoms with E-state index in [0.29, 0.717) is 11.3 Å². The van der Waals surface area contributed by atoms with Gasteiger partial charge >= 0.3 is 0 Å².